The van der Waals surface area contributed by atoms with Crippen LogP contribution in [0.5, 0.6) is 11.6 Å². The lowest BCUT2D eigenvalue weighted by Gasteiger charge is -2.10. The third kappa shape index (κ3) is 4.35. The maximum atomic E-state index is 12.6. The molecule has 1 N–H and O–H groups in total. The van der Waals surface area contributed by atoms with Gasteiger partial charge < -0.3 is 10.1 Å². The number of carbonyl (C=O) groups excluding carboxylic acids is 1. The van der Waals surface area contributed by atoms with Crippen LogP contribution >= 0.6 is 0 Å². The summed E-state index contributed by atoms with van der Waals surface area (Å²) in [5.41, 5.74) is 3.33. The molecular weight excluding hydrogens is 378 g/mol. The van der Waals surface area contributed by atoms with Gasteiger partial charge in [-0.15, -0.1) is 0 Å². The predicted octanol–water partition coefficient (Wildman–Crippen LogP) is 4.63. The molecule has 0 aliphatic heterocycles. The van der Waals surface area contributed by atoms with E-state index >= 15 is 0 Å². The van der Waals surface area contributed by atoms with Gasteiger partial charge in [0.15, 0.2) is 5.82 Å². The lowest BCUT2D eigenvalue weighted by molar-refractivity contribution is 0.102. The first kappa shape index (κ1) is 19.3. The summed E-state index contributed by atoms with van der Waals surface area (Å²) in [6.45, 7) is 5.69. The summed E-state index contributed by atoms with van der Waals surface area (Å²) in [4.78, 5) is 21.3. The van der Waals surface area contributed by atoms with Gasteiger partial charge in [-0.1, -0.05) is 17.7 Å². The Morgan fingerprint density at radius 3 is 2.53 bits per heavy atom. The fraction of sp³-hybridized carbons (Fsp3) is 0.130. The lowest BCUT2D eigenvalue weighted by Crippen LogP contribution is -2.13. The summed E-state index contributed by atoms with van der Waals surface area (Å²) in [7, 11) is 0. The van der Waals surface area contributed by atoms with Crippen molar-refractivity contribution in [2.24, 2.45) is 0 Å². The zero-order valence-electron chi connectivity index (χ0n) is 17.0. The normalized spacial score (nSPS) is 10.6. The number of hydrogen-bond acceptors (Lipinski definition) is 5. The Bertz CT molecular complexity index is 1180. The number of rotatable bonds is 5. The van der Waals surface area contributed by atoms with E-state index in [2.05, 4.69) is 20.4 Å². The smallest absolute Gasteiger partial charge is 0.255 e. The molecule has 0 spiro atoms. The van der Waals surface area contributed by atoms with Crippen LogP contribution in [0.1, 0.15) is 27.3 Å². The highest BCUT2D eigenvalue weighted by Crippen LogP contribution is 2.23. The van der Waals surface area contributed by atoms with E-state index in [1.165, 1.54) is 0 Å². The first-order valence-electron chi connectivity index (χ1n) is 9.50. The molecule has 0 unspecified atom stereocenters. The van der Waals surface area contributed by atoms with Gasteiger partial charge in [-0.2, -0.15) is 10.1 Å². The molecular formula is C23H21N5O2. The summed E-state index contributed by atoms with van der Waals surface area (Å²) >= 11 is 0. The predicted molar refractivity (Wildman–Crippen MR) is 114 cm³/mol. The number of benzene rings is 2. The van der Waals surface area contributed by atoms with E-state index in [0.717, 1.165) is 11.1 Å². The number of ether oxygens (including phenoxy) is 1. The quantitative estimate of drug-likeness (QED) is 0.529. The zero-order valence-corrected chi connectivity index (χ0v) is 17.0. The van der Waals surface area contributed by atoms with Crippen LogP contribution in [0.2, 0.25) is 0 Å². The van der Waals surface area contributed by atoms with Crippen LogP contribution in [-0.2, 0) is 0 Å². The third-order valence-corrected chi connectivity index (χ3v) is 4.51. The highest BCUT2D eigenvalue weighted by atomic mass is 16.5. The second kappa shape index (κ2) is 8.16. The van der Waals surface area contributed by atoms with Gasteiger partial charge in [0, 0.05) is 29.7 Å². The molecule has 0 atom stereocenters. The van der Waals surface area contributed by atoms with Gasteiger partial charge >= 0.3 is 0 Å². The van der Waals surface area contributed by atoms with Crippen molar-refractivity contribution in [2.45, 2.75) is 20.8 Å². The first-order valence-corrected chi connectivity index (χ1v) is 9.50. The van der Waals surface area contributed by atoms with E-state index in [9.17, 15) is 4.79 Å². The number of anilines is 1. The van der Waals surface area contributed by atoms with Gasteiger partial charge in [0.1, 0.15) is 11.6 Å². The van der Waals surface area contributed by atoms with Crippen LogP contribution in [0.25, 0.3) is 5.82 Å². The summed E-state index contributed by atoms with van der Waals surface area (Å²) in [5, 5.41) is 7.10. The molecule has 0 fully saturated rings. The molecule has 1 amide bonds. The number of aryl methyl sites for hydroxylation is 3. The minimum atomic E-state index is -0.139. The fourth-order valence-corrected chi connectivity index (χ4v) is 3.01. The summed E-state index contributed by atoms with van der Waals surface area (Å²) < 4.78 is 7.52. The maximum absolute atomic E-state index is 12.6. The first-order chi connectivity index (χ1) is 14.5. The molecule has 2 aromatic heterocycles. The van der Waals surface area contributed by atoms with E-state index in [1.807, 2.05) is 38.1 Å². The van der Waals surface area contributed by atoms with Gasteiger partial charge in [-0.25, -0.2) is 9.67 Å². The molecule has 7 nitrogen and oxygen atoms in total. The minimum absolute atomic E-state index is 0.139. The zero-order chi connectivity index (χ0) is 21.1. The molecule has 0 saturated heterocycles. The Balaban J connectivity index is 1.48. The summed E-state index contributed by atoms with van der Waals surface area (Å²) in [6.07, 6.45) is 3.49. The van der Waals surface area contributed by atoms with Crippen LogP contribution in [0, 0.1) is 20.8 Å². The van der Waals surface area contributed by atoms with E-state index in [4.69, 9.17) is 4.74 Å². The van der Waals surface area contributed by atoms with Gasteiger partial charge in [-0.3, -0.25) is 4.79 Å². The Hall–Kier alpha value is -4.00. The number of aromatic nitrogens is 4. The van der Waals surface area contributed by atoms with E-state index < -0.39 is 0 Å². The number of hydrogen-bond donors (Lipinski definition) is 1. The maximum Gasteiger partial charge on any atom is 0.255 e. The van der Waals surface area contributed by atoms with Crippen molar-refractivity contribution in [3.63, 3.8) is 0 Å². The monoisotopic (exact) mass is 399 g/mol. The Labute approximate surface area is 174 Å². The molecule has 0 bridgehead atoms. The molecule has 2 heterocycles. The molecule has 4 rings (SSSR count). The van der Waals surface area contributed by atoms with Gasteiger partial charge in [-0.05, 0) is 62.7 Å². The van der Waals surface area contributed by atoms with Crippen molar-refractivity contribution in [3.8, 4) is 17.4 Å². The molecule has 4 aromatic rings. The van der Waals surface area contributed by atoms with E-state index in [0.29, 0.717) is 34.5 Å². The van der Waals surface area contributed by atoms with Crippen molar-refractivity contribution in [3.05, 3.63) is 89.5 Å². The third-order valence-electron chi connectivity index (χ3n) is 4.51. The van der Waals surface area contributed by atoms with E-state index in [1.54, 1.807) is 54.3 Å². The van der Waals surface area contributed by atoms with Crippen molar-refractivity contribution in [1.29, 1.82) is 0 Å². The van der Waals surface area contributed by atoms with Gasteiger partial charge in [0.05, 0.1) is 0 Å². The number of nitrogens with zero attached hydrogens (tertiary/aromatic N) is 4. The molecule has 0 aliphatic carbocycles. The van der Waals surface area contributed by atoms with Gasteiger partial charge in [0.25, 0.3) is 5.91 Å². The molecule has 2 aromatic carbocycles. The Morgan fingerprint density at radius 1 is 1.00 bits per heavy atom. The van der Waals surface area contributed by atoms with Crippen molar-refractivity contribution < 1.29 is 9.53 Å². The minimum Gasteiger partial charge on any atom is -0.439 e. The number of nitrogens with one attached hydrogen (secondary N) is 1. The highest BCUT2D eigenvalue weighted by molar-refractivity contribution is 6.05. The molecule has 0 radical (unpaired) electrons. The summed E-state index contributed by atoms with van der Waals surface area (Å²) in [5.74, 6) is 2.08. The Morgan fingerprint density at radius 2 is 1.80 bits per heavy atom. The fourth-order valence-electron chi connectivity index (χ4n) is 3.01. The second-order valence-electron chi connectivity index (χ2n) is 6.96. The number of carbonyl (C=O) groups is 1. The largest absolute Gasteiger partial charge is 0.439 e. The molecule has 0 aliphatic rings. The second-order valence-corrected chi connectivity index (χ2v) is 6.96. The average Bonchev–Trinajstić information content (AvgIpc) is 3.26. The topological polar surface area (TPSA) is 81.9 Å². The average molecular weight is 399 g/mol. The SMILES string of the molecule is Cc1ccc(C)c(C(=O)Nc2ccc(Oc3cc(-n4cccn4)nc(C)n3)cc2)c1. The van der Waals surface area contributed by atoms with Crippen LogP contribution in [-0.4, -0.2) is 25.7 Å². The standard InChI is InChI=1S/C23H21N5O2/c1-15-5-6-16(2)20(13-15)23(29)27-18-7-9-19(10-8-18)30-22-14-21(25-17(3)26-22)28-12-4-11-24-28/h4-14H,1-3H3,(H,27,29). The molecule has 150 valence electrons. The van der Waals surface area contributed by atoms with Crippen LogP contribution in [0.15, 0.2) is 67.0 Å². The van der Waals surface area contributed by atoms with Crippen LogP contribution in [0.3, 0.4) is 0 Å². The number of amides is 1. The van der Waals surface area contributed by atoms with Crippen LogP contribution < -0.4 is 10.1 Å². The van der Waals surface area contributed by atoms with Crippen molar-refractivity contribution >= 4 is 11.6 Å². The highest BCUT2D eigenvalue weighted by Gasteiger charge is 2.10. The van der Waals surface area contributed by atoms with E-state index in [-0.39, 0.29) is 5.91 Å². The Kier molecular flexibility index (Phi) is 5.26. The van der Waals surface area contributed by atoms with Crippen molar-refractivity contribution in [2.75, 3.05) is 5.32 Å². The summed E-state index contributed by atoms with van der Waals surface area (Å²) in [6, 6.07) is 16.5. The van der Waals surface area contributed by atoms with Crippen molar-refractivity contribution in [1.82, 2.24) is 19.7 Å². The molecule has 30 heavy (non-hydrogen) atoms. The lowest BCUT2D eigenvalue weighted by atomic mass is 10.1. The van der Waals surface area contributed by atoms with Gasteiger partial charge in [0.2, 0.25) is 5.88 Å². The van der Waals surface area contributed by atoms with Crippen LogP contribution in [0.4, 0.5) is 5.69 Å². The molecule has 0 saturated carbocycles. The molecule has 7 heteroatoms.